The largest absolute Gasteiger partial charge is 0.395 e. The summed E-state index contributed by atoms with van der Waals surface area (Å²) in [5.41, 5.74) is 0. The molecule has 0 amide bonds. The number of aryl methyl sites for hydroxylation is 1. The molecule has 0 aliphatic heterocycles. The van der Waals surface area contributed by atoms with Crippen molar-refractivity contribution < 1.29 is 5.11 Å². The summed E-state index contributed by atoms with van der Waals surface area (Å²) in [5.74, 6) is 1.93. The average Bonchev–Trinajstić information content (AvgIpc) is 2.92. The van der Waals surface area contributed by atoms with Gasteiger partial charge in [0.05, 0.1) is 13.2 Å². The van der Waals surface area contributed by atoms with Crippen molar-refractivity contribution in [3.63, 3.8) is 0 Å². The molecule has 1 aliphatic carbocycles. The Balaban J connectivity index is 1.89. The van der Waals surface area contributed by atoms with Crippen molar-refractivity contribution in [3.05, 3.63) is 18.2 Å². The molecule has 4 heteroatoms. The van der Waals surface area contributed by atoms with Crippen LogP contribution in [0.2, 0.25) is 0 Å². The van der Waals surface area contributed by atoms with Gasteiger partial charge in [0.1, 0.15) is 5.82 Å². The zero-order valence-corrected chi connectivity index (χ0v) is 9.26. The van der Waals surface area contributed by atoms with Gasteiger partial charge in [-0.15, -0.1) is 0 Å². The second-order valence-electron chi connectivity index (χ2n) is 4.36. The Morgan fingerprint density at radius 3 is 2.93 bits per heavy atom. The lowest BCUT2D eigenvalue weighted by Gasteiger charge is -2.20. The SMILES string of the molecule is Cn1ccnc1CN(CCO)CC1CC1. The summed E-state index contributed by atoms with van der Waals surface area (Å²) < 4.78 is 2.04. The van der Waals surface area contributed by atoms with E-state index in [9.17, 15) is 0 Å². The minimum atomic E-state index is 0.233. The number of nitrogens with zero attached hydrogens (tertiary/aromatic N) is 3. The third-order valence-electron chi connectivity index (χ3n) is 2.92. The third-order valence-corrected chi connectivity index (χ3v) is 2.92. The summed E-state index contributed by atoms with van der Waals surface area (Å²) in [4.78, 5) is 6.60. The molecule has 1 N–H and O–H groups in total. The topological polar surface area (TPSA) is 41.3 Å². The second kappa shape index (κ2) is 4.77. The monoisotopic (exact) mass is 209 g/mol. The molecule has 0 aromatic carbocycles. The maximum Gasteiger partial charge on any atom is 0.122 e. The van der Waals surface area contributed by atoms with Gasteiger partial charge in [0, 0.05) is 32.5 Å². The number of imidazole rings is 1. The number of aliphatic hydroxyl groups is 1. The third kappa shape index (κ3) is 3.04. The Morgan fingerprint density at radius 1 is 1.60 bits per heavy atom. The standard InChI is InChI=1S/C11H19N3O/c1-13-5-4-12-11(13)9-14(6-7-15)8-10-2-3-10/h4-5,10,15H,2-3,6-9H2,1H3. The predicted octanol–water partition coefficient (Wildman–Crippen LogP) is 0.624. The van der Waals surface area contributed by atoms with E-state index in [2.05, 4.69) is 9.88 Å². The molecule has 0 unspecified atom stereocenters. The average molecular weight is 209 g/mol. The first kappa shape index (κ1) is 10.6. The molecule has 1 heterocycles. The molecule has 0 spiro atoms. The summed E-state index contributed by atoms with van der Waals surface area (Å²) in [6.07, 6.45) is 6.48. The Hall–Kier alpha value is -0.870. The Labute approximate surface area is 90.5 Å². The molecule has 0 atom stereocenters. The highest BCUT2D eigenvalue weighted by Crippen LogP contribution is 2.29. The van der Waals surface area contributed by atoms with Crippen LogP contribution in [-0.2, 0) is 13.6 Å². The van der Waals surface area contributed by atoms with E-state index in [-0.39, 0.29) is 6.61 Å². The van der Waals surface area contributed by atoms with Crippen LogP contribution < -0.4 is 0 Å². The summed E-state index contributed by atoms with van der Waals surface area (Å²) in [5, 5.41) is 9.00. The van der Waals surface area contributed by atoms with Gasteiger partial charge in [-0.3, -0.25) is 4.90 Å². The zero-order valence-electron chi connectivity index (χ0n) is 9.26. The lowest BCUT2D eigenvalue weighted by atomic mass is 10.3. The minimum absolute atomic E-state index is 0.233. The van der Waals surface area contributed by atoms with Crippen LogP contribution in [0.4, 0.5) is 0 Å². The van der Waals surface area contributed by atoms with Crippen LogP contribution in [0, 0.1) is 5.92 Å². The van der Waals surface area contributed by atoms with Crippen LogP contribution in [0.15, 0.2) is 12.4 Å². The fourth-order valence-corrected chi connectivity index (χ4v) is 1.79. The van der Waals surface area contributed by atoms with Crippen LogP contribution >= 0.6 is 0 Å². The molecule has 1 aliphatic rings. The van der Waals surface area contributed by atoms with Crippen molar-refractivity contribution >= 4 is 0 Å². The van der Waals surface area contributed by atoms with Crippen LogP contribution in [-0.4, -0.2) is 39.3 Å². The molecule has 2 rings (SSSR count). The van der Waals surface area contributed by atoms with E-state index in [0.29, 0.717) is 0 Å². The van der Waals surface area contributed by atoms with E-state index < -0.39 is 0 Å². The van der Waals surface area contributed by atoms with E-state index >= 15 is 0 Å². The minimum Gasteiger partial charge on any atom is -0.395 e. The number of aromatic nitrogens is 2. The summed E-state index contributed by atoms with van der Waals surface area (Å²) in [6.45, 7) is 2.94. The Kier molecular flexibility index (Phi) is 3.38. The normalized spacial score (nSPS) is 16.2. The van der Waals surface area contributed by atoms with E-state index in [1.165, 1.54) is 12.8 Å². The first-order valence-electron chi connectivity index (χ1n) is 5.59. The van der Waals surface area contributed by atoms with E-state index in [1.54, 1.807) is 0 Å². The fraction of sp³-hybridized carbons (Fsp3) is 0.727. The van der Waals surface area contributed by atoms with Gasteiger partial charge in [0.25, 0.3) is 0 Å². The smallest absolute Gasteiger partial charge is 0.122 e. The molecule has 1 aromatic rings. The van der Waals surface area contributed by atoms with Crippen LogP contribution in [0.1, 0.15) is 18.7 Å². The lowest BCUT2D eigenvalue weighted by Crippen LogP contribution is -2.29. The molecule has 1 saturated carbocycles. The molecule has 0 saturated heterocycles. The van der Waals surface area contributed by atoms with Crippen LogP contribution in [0.25, 0.3) is 0 Å². The van der Waals surface area contributed by atoms with Crippen molar-refractivity contribution in [2.24, 2.45) is 13.0 Å². The lowest BCUT2D eigenvalue weighted by molar-refractivity contribution is 0.180. The highest BCUT2D eigenvalue weighted by atomic mass is 16.3. The van der Waals surface area contributed by atoms with Gasteiger partial charge >= 0.3 is 0 Å². The molecule has 1 aromatic heterocycles. The maximum atomic E-state index is 9.00. The fourth-order valence-electron chi connectivity index (χ4n) is 1.79. The van der Waals surface area contributed by atoms with Crippen molar-refractivity contribution in [1.29, 1.82) is 0 Å². The molecule has 1 fully saturated rings. The molecule has 15 heavy (non-hydrogen) atoms. The van der Waals surface area contributed by atoms with Crippen LogP contribution in [0.5, 0.6) is 0 Å². The molecule has 84 valence electrons. The van der Waals surface area contributed by atoms with Gasteiger partial charge in [0.2, 0.25) is 0 Å². The van der Waals surface area contributed by atoms with Crippen molar-refractivity contribution in [2.75, 3.05) is 19.7 Å². The number of aliphatic hydroxyl groups excluding tert-OH is 1. The van der Waals surface area contributed by atoms with Gasteiger partial charge in [0.15, 0.2) is 0 Å². The molecular formula is C11H19N3O. The quantitative estimate of drug-likeness (QED) is 0.747. The second-order valence-corrected chi connectivity index (χ2v) is 4.36. The highest BCUT2D eigenvalue weighted by molar-refractivity contribution is 4.91. The molecule has 0 bridgehead atoms. The Morgan fingerprint density at radius 2 is 2.40 bits per heavy atom. The first-order chi connectivity index (χ1) is 7.29. The van der Waals surface area contributed by atoms with Gasteiger partial charge in [-0.25, -0.2) is 4.98 Å². The van der Waals surface area contributed by atoms with Gasteiger partial charge < -0.3 is 9.67 Å². The first-order valence-corrected chi connectivity index (χ1v) is 5.59. The van der Waals surface area contributed by atoms with E-state index in [1.807, 2.05) is 24.0 Å². The van der Waals surface area contributed by atoms with Crippen molar-refractivity contribution in [3.8, 4) is 0 Å². The van der Waals surface area contributed by atoms with Crippen molar-refractivity contribution in [2.45, 2.75) is 19.4 Å². The van der Waals surface area contributed by atoms with Gasteiger partial charge in [-0.05, 0) is 18.8 Å². The number of hydrogen-bond acceptors (Lipinski definition) is 3. The maximum absolute atomic E-state index is 9.00. The van der Waals surface area contributed by atoms with Crippen LogP contribution in [0.3, 0.4) is 0 Å². The van der Waals surface area contributed by atoms with E-state index in [0.717, 1.165) is 31.4 Å². The van der Waals surface area contributed by atoms with Gasteiger partial charge in [-0.1, -0.05) is 0 Å². The number of hydrogen-bond donors (Lipinski definition) is 1. The van der Waals surface area contributed by atoms with E-state index in [4.69, 9.17) is 5.11 Å². The number of rotatable bonds is 6. The summed E-state index contributed by atoms with van der Waals surface area (Å²) in [7, 11) is 2.01. The Bertz CT molecular complexity index is 307. The molecule has 0 radical (unpaired) electrons. The molecule has 4 nitrogen and oxygen atoms in total. The summed E-state index contributed by atoms with van der Waals surface area (Å²) >= 11 is 0. The summed E-state index contributed by atoms with van der Waals surface area (Å²) in [6, 6.07) is 0. The predicted molar refractivity (Wildman–Crippen MR) is 58.3 cm³/mol. The van der Waals surface area contributed by atoms with Crippen molar-refractivity contribution in [1.82, 2.24) is 14.5 Å². The highest BCUT2D eigenvalue weighted by Gasteiger charge is 2.24. The zero-order chi connectivity index (χ0) is 10.7. The molecular weight excluding hydrogens is 190 g/mol. The van der Waals surface area contributed by atoms with Gasteiger partial charge in [-0.2, -0.15) is 0 Å².